The van der Waals surface area contributed by atoms with Crippen LogP contribution >= 0.6 is 24.0 Å². The monoisotopic (exact) mass is 348 g/mol. The van der Waals surface area contributed by atoms with Gasteiger partial charge in [-0.3, -0.25) is 9.69 Å². The summed E-state index contributed by atoms with van der Waals surface area (Å²) in [4.78, 5) is 17.2. The van der Waals surface area contributed by atoms with E-state index in [1.807, 2.05) is 6.08 Å². The third-order valence-electron chi connectivity index (χ3n) is 3.74. The summed E-state index contributed by atoms with van der Waals surface area (Å²) in [5.41, 5.74) is 2.24. The van der Waals surface area contributed by atoms with Crippen molar-refractivity contribution in [3.63, 3.8) is 0 Å². The van der Waals surface area contributed by atoms with Crippen molar-refractivity contribution >= 4 is 46.0 Å². The van der Waals surface area contributed by atoms with Gasteiger partial charge in [0.1, 0.15) is 4.32 Å². The molecule has 0 N–H and O–H groups in total. The Morgan fingerprint density at radius 1 is 1.22 bits per heavy atom. The maximum atomic E-state index is 12.5. The van der Waals surface area contributed by atoms with Crippen LogP contribution in [-0.4, -0.2) is 34.8 Å². The minimum atomic E-state index is 0.0292. The lowest BCUT2D eigenvalue weighted by atomic mass is 10.1. The highest BCUT2D eigenvalue weighted by Crippen LogP contribution is 2.33. The Labute approximate surface area is 148 Å². The smallest absolute Gasteiger partial charge is 0.266 e. The molecule has 3 nitrogen and oxygen atoms in total. The first-order chi connectivity index (χ1) is 11.0. The van der Waals surface area contributed by atoms with Gasteiger partial charge in [-0.2, -0.15) is 0 Å². The van der Waals surface area contributed by atoms with Crippen LogP contribution in [0.25, 0.3) is 6.08 Å². The van der Waals surface area contributed by atoms with E-state index >= 15 is 0 Å². The average Bonchev–Trinajstić information content (AvgIpc) is 2.77. The third-order valence-corrected chi connectivity index (χ3v) is 5.12. The van der Waals surface area contributed by atoms with Crippen LogP contribution in [0.2, 0.25) is 0 Å². The molecule has 0 unspecified atom stereocenters. The molecule has 0 radical (unpaired) electrons. The van der Waals surface area contributed by atoms with Crippen LogP contribution < -0.4 is 4.90 Å². The molecule has 1 amide bonds. The van der Waals surface area contributed by atoms with Gasteiger partial charge in [-0.05, 0) is 43.5 Å². The lowest BCUT2D eigenvalue weighted by Crippen LogP contribution is -2.31. The van der Waals surface area contributed by atoms with E-state index in [4.69, 9.17) is 12.2 Å². The van der Waals surface area contributed by atoms with Gasteiger partial charge in [-0.25, -0.2) is 0 Å². The van der Waals surface area contributed by atoms with E-state index in [9.17, 15) is 4.79 Å². The summed E-state index contributed by atoms with van der Waals surface area (Å²) in [6, 6.07) is 8.33. The van der Waals surface area contributed by atoms with Gasteiger partial charge in [-0.15, -0.1) is 0 Å². The maximum absolute atomic E-state index is 12.5. The number of nitrogens with zero attached hydrogens (tertiary/aromatic N) is 2. The molecule has 1 aliphatic rings. The second-order valence-corrected chi connectivity index (χ2v) is 7.63. The van der Waals surface area contributed by atoms with Crippen LogP contribution in [0.1, 0.15) is 33.3 Å². The fraction of sp³-hybridized carbons (Fsp3) is 0.444. The first-order valence-electron chi connectivity index (χ1n) is 8.06. The Kier molecular flexibility index (Phi) is 6.25. The summed E-state index contributed by atoms with van der Waals surface area (Å²) in [5.74, 6) is 0.437. The normalized spacial score (nSPS) is 16.7. The van der Waals surface area contributed by atoms with Gasteiger partial charge in [0, 0.05) is 25.3 Å². The number of benzene rings is 1. The largest absolute Gasteiger partial charge is 0.372 e. The molecule has 0 atom stereocenters. The first kappa shape index (κ1) is 18.0. The Morgan fingerprint density at radius 2 is 1.83 bits per heavy atom. The Bertz CT molecular complexity index is 604. The lowest BCUT2D eigenvalue weighted by Gasteiger charge is -2.20. The lowest BCUT2D eigenvalue weighted by molar-refractivity contribution is -0.122. The fourth-order valence-corrected chi connectivity index (χ4v) is 3.82. The van der Waals surface area contributed by atoms with Crippen LogP contribution in [0.4, 0.5) is 5.69 Å². The molecule has 0 bridgehead atoms. The zero-order chi connectivity index (χ0) is 17.0. The van der Waals surface area contributed by atoms with Gasteiger partial charge < -0.3 is 4.90 Å². The molecule has 5 heteroatoms. The molecule has 1 fully saturated rings. The molecule has 0 aliphatic carbocycles. The molecule has 0 saturated carbocycles. The zero-order valence-corrected chi connectivity index (χ0v) is 15.8. The van der Waals surface area contributed by atoms with Gasteiger partial charge in [0.15, 0.2) is 0 Å². The maximum Gasteiger partial charge on any atom is 0.266 e. The van der Waals surface area contributed by atoms with Gasteiger partial charge in [0.2, 0.25) is 0 Å². The van der Waals surface area contributed by atoms with Gasteiger partial charge in [0.25, 0.3) is 5.91 Å². The quantitative estimate of drug-likeness (QED) is 0.562. The molecule has 1 aliphatic heterocycles. The number of hydrogen-bond donors (Lipinski definition) is 0. The second kappa shape index (κ2) is 7.97. The Hall–Kier alpha value is -1.33. The number of thiocarbonyl (C=S) groups is 1. The summed E-state index contributed by atoms with van der Waals surface area (Å²) >= 11 is 6.73. The number of rotatable bonds is 6. The molecule has 1 saturated heterocycles. The summed E-state index contributed by atoms with van der Waals surface area (Å²) in [6.07, 6.45) is 1.94. The van der Waals surface area contributed by atoms with Crippen molar-refractivity contribution in [1.29, 1.82) is 0 Å². The first-order valence-corrected chi connectivity index (χ1v) is 9.29. The van der Waals surface area contributed by atoms with E-state index in [0.29, 0.717) is 21.7 Å². The molecule has 0 spiro atoms. The van der Waals surface area contributed by atoms with Crippen molar-refractivity contribution in [2.45, 2.75) is 27.7 Å². The molecule has 2 rings (SSSR count). The highest BCUT2D eigenvalue weighted by molar-refractivity contribution is 8.26. The molecule has 1 aromatic carbocycles. The number of anilines is 1. The molecule has 1 aromatic rings. The predicted molar refractivity (Wildman–Crippen MR) is 105 cm³/mol. The number of thioether (sulfide) groups is 1. The van der Waals surface area contributed by atoms with E-state index in [-0.39, 0.29) is 5.91 Å². The second-order valence-electron chi connectivity index (χ2n) is 5.95. The average molecular weight is 349 g/mol. The van der Waals surface area contributed by atoms with Crippen LogP contribution in [0.5, 0.6) is 0 Å². The van der Waals surface area contributed by atoms with E-state index in [2.05, 4.69) is 56.9 Å². The summed E-state index contributed by atoms with van der Waals surface area (Å²) < 4.78 is 0.662. The Morgan fingerprint density at radius 3 is 2.35 bits per heavy atom. The minimum Gasteiger partial charge on any atom is -0.372 e. The number of amides is 1. The van der Waals surface area contributed by atoms with Crippen molar-refractivity contribution in [3.8, 4) is 0 Å². The van der Waals surface area contributed by atoms with Gasteiger partial charge in [0.05, 0.1) is 4.91 Å². The van der Waals surface area contributed by atoms with E-state index in [1.54, 1.807) is 4.90 Å². The van der Waals surface area contributed by atoms with Crippen molar-refractivity contribution in [2.24, 2.45) is 5.92 Å². The van der Waals surface area contributed by atoms with Gasteiger partial charge in [-0.1, -0.05) is 50.0 Å². The van der Waals surface area contributed by atoms with E-state index in [0.717, 1.165) is 18.7 Å². The third kappa shape index (κ3) is 4.36. The topological polar surface area (TPSA) is 23.6 Å². The summed E-state index contributed by atoms with van der Waals surface area (Å²) in [5, 5.41) is 0. The molecule has 23 heavy (non-hydrogen) atoms. The minimum absolute atomic E-state index is 0.0292. The molecule has 1 heterocycles. The van der Waals surface area contributed by atoms with Crippen molar-refractivity contribution in [2.75, 3.05) is 24.5 Å². The van der Waals surface area contributed by atoms with E-state index in [1.165, 1.54) is 17.4 Å². The summed E-state index contributed by atoms with van der Waals surface area (Å²) in [6.45, 7) is 11.1. The van der Waals surface area contributed by atoms with Crippen LogP contribution in [0.15, 0.2) is 29.2 Å². The molecular weight excluding hydrogens is 324 g/mol. The van der Waals surface area contributed by atoms with Crippen molar-refractivity contribution in [3.05, 3.63) is 34.7 Å². The molecule has 124 valence electrons. The Balaban J connectivity index is 2.16. The highest BCUT2D eigenvalue weighted by atomic mass is 32.2. The standard InChI is InChI=1S/C18H24N2OS2/c1-5-19(6-2)15-9-7-14(8-10-15)11-16-17(21)20(12-13(3)4)18(22)23-16/h7-11,13H,5-6,12H2,1-4H3. The van der Waals surface area contributed by atoms with Crippen LogP contribution in [0.3, 0.4) is 0 Å². The number of hydrogen-bond acceptors (Lipinski definition) is 4. The number of carbonyl (C=O) groups is 1. The molecule has 0 aromatic heterocycles. The summed E-state index contributed by atoms with van der Waals surface area (Å²) in [7, 11) is 0. The predicted octanol–water partition coefficient (Wildman–Crippen LogP) is 4.39. The number of carbonyl (C=O) groups excluding carboxylic acids is 1. The highest BCUT2D eigenvalue weighted by Gasteiger charge is 2.32. The fourth-order valence-electron chi connectivity index (χ4n) is 2.54. The van der Waals surface area contributed by atoms with Crippen molar-refractivity contribution < 1.29 is 4.79 Å². The zero-order valence-electron chi connectivity index (χ0n) is 14.2. The van der Waals surface area contributed by atoms with Crippen LogP contribution in [0, 0.1) is 5.92 Å². The van der Waals surface area contributed by atoms with Crippen LogP contribution in [-0.2, 0) is 4.79 Å². The van der Waals surface area contributed by atoms with Gasteiger partial charge >= 0.3 is 0 Å². The molecular formula is C18H24N2OS2. The van der Waals surface area contributed by atoms with Crippen molar-refractivity contribution in [1.82, 2.24) is 4.90 Å². The SMILES string of the molecule is CCN(CC)c1ccc(C=C2SC(=S)N(CC(C)C)C2=O)cc1. The van der Waals surface area contributed by atoms with E-state index < -0.39 is 0 Å².